The summed E-state index contributed by atoms with van der Waals surface area (Å²) in [6, 6.07) is 14.1. The summed E-state index contributed by atoms with van der Waals surface area (Å²) >= 11 is 6.18. The molecule has 3 aromatic rings. The Morgan fingerprint density at radius 3 is 2.86 bits per heavy atom. The minimum absolute atomic E-state index is 0.147. The summed E-state index contributed by atoms with van der Waals surface area (Å²) < 4.78 is 2.04. The van der Waals surface area contributed by atoms with E-state index in [4.69, 9.17) is 16.6 Å². The van der Waals surface area contributed by atoms with Crippen LogP contribution in [0.5, 0.6) is 0 Å². The van der Waals surface area contributed by atoms with Crippen LogP contribution in [0.15, 0.2) is 53.7 Å². The first kappa shape index (κ1) is 19.7. The van der Waals surface area contributed by atoms with Gasteiger partial charge in [0.15, 0.2) is 11.6 Å². The van der Waals surface area contributed by atoms with Gasteiger partial charge in [0.05, 0.1) is 6.54 Å². The zero-order valence-electron chi connectivity index (χ0n) is 16.7. The number of hydrogen-bond donors (Lipinski definition) is 2. The quantitative estimate of drug-likeness (QED) is 0.338. The number of nitrogens with one attached hydrogen (secondary N) is 2. The SMILES string of the molecule is CCNC(=NCC1(c2cccc(Cl)c2)CC1)NCCCc1nnc2ccccn12. The molecule has 6 nitrogen and oxygen atoms in total. The second kappa shape index (κ2) is 8.82. The third-order valence-electron chi connectivity index (χ3n) is 5.43. The normalized spacial score (nSPS) is 15.4. The fourth-order valence-electron chi connectivity index (χ4n) is 3.59. The second-order valence-corrected chi connectivity index (χ2v) is 8.00. The van der Waals surface area contributed by atoms with Crippen LogP contribution in [0.4, 0.5) is 0 Å². The average Bonchev–Trinajstić information content (AvgIpc) is 3.43. The van der Waals surface area contributed by atoms with Crippen molar-refractivity contribution in [2.24, 2.45) is 4.99 Å². The Morgan fingerprint density at radius 2 is 2.07 bits per heavy atom. The van der Waals surface area contributed by atoms with Crippen molar-refractivity contribution in [2.75, 3.05) is 19.6 Å². The van der Waals surface area contributed by atoms with Gasteiger partial charge in [-0.2, -0.15) is 0 Å². The first-order valence-electron chi connectivity index (χ1n) is 10.3. The van der Waals surface area contributed by atoms with Crippen molar-refractivity contribution in [3.63, 3.8) is 0 Å². The molecule has 29 heavy (non-hydrogen) atoms. The molecule has 0 radical (unpaired) electrons. The number of benzene rings is 1. The molecule has 1 aliphatic rings. The van der Waals surface area contributed by atoms with E-state index in [1.807, 2.05) is 40.9 Å². The van der Waals surface area contributed by atoms with E-state index in [1.54, 1.807) is 0 Å². The lowest BCUT2D eigenvalue weighted by Crippen LogP contribution is -2.38. The molecule has 152 valence electrons. The fourth-order valence-corrected chi connectivity index (χ4v) is 3.78. The predicted molar refractivity (Wildman–Crippen MR) is 118 cm³/mol. The van der Waals surface area contributed by atoms with Gasteiger partial charge in [-0.15, -0.1) is 10.2 Å². The molecule has 0 spiro atoms. The summed E-state index contributed by atoms with van der Waals surface area (Å²) in [5, 5.41) is 16.1. The molecule has 0 bridgehead atoms. The molecule has 7 heteroatoms. The molecule has 0 atom stereocenters. The molecule has 2 N–H and O–H groups in total. The summed E-state index contributed by atoms with van der Waals surface area (Å²) in [5.41, 5.74) is 2.33. The standard InChI is InChI=1S/C22H27ClN6/c1-2-24-21(26-16-22(11-12-22)17-7-5-8-18(23)15-17)25-13-6-10-20-28-27-19-9-3-4-14-29(19)20/h3-5,7-9,14-15H,2,6,10-13,16H2,1H3,(H2,24,25,26). The van der Waals surface area contributed by atoms with E-state index in [2.05, 4.69) is 39.9 Å². The van der Waals surface area contributed by atoms with Crippen LogP contribution in [-0.4, -0.2) is 40.2 Å². The topological polar surface area (TPSA) is 66.6 Å². The van der Waals surface area contributed by atoms with Gasteiger partial charge in [0, 0.05) is 36.1 Å². The number of aliphatic imine (C=N–C) groups is 1. The molecule has 1 aromatic carbocycles. The molecule has 0 amide bonds. The fraction of sp³-hybridized carbons (Fsp3) is 0.409. The van der Waals surface area contributed by atoms with Gasteiger partial charge in [-0.05, 0) is 56.0 Å². The van der Waals surface area contributed by atoms with Crippen molar-refractivity contribution in [1.82, 2.24) is 25.2 Å². The maximum Gasteiger partial charge on any atom is 0.191 e. The molecule has 1 saturated carbocycles. The van der Waals surface area contributed by atoms with Crippen LogP contribution >= 0.6 is 11.6 Å². The van der Waals surface area contributed by atoms with Gasteiger partial charge in [0.2, 0.25) is 0 Å². The number of rotatable bonds is 8. The van der Waals surface area contributed by atoms with Crippen LogP contribution in [0.25, 0.3) is 5.65 Å². The zero-order valence-corrected chi connectivity index (χ0v) is 17.5. The van der Waals surface area contributed by atoms with Gasteiger partial charge in [-0.1, -0.05) is 29.8 Å². The van der Waals surface area contributed by atoms with Gasteiger partial charge in [0.25, 0.3) is 0 Å². The molecule has 0 unspecified atom stereocenters. The summed E-state index contributed by atoms with van der Waals surface area (Å²) in [6.45, 7) is 4.53. The van der Waals surface area contributed by atoms with Crippen molar-refractivity contribution in [3.8, 4) is 0 Å². The Kier molecular flexibility index (Phi) is 6.00. The number of guanidine groups is 1. The van der Waals surface area contributed by atoms with Crippen molar-refractivity contribution in [3.05, 3.63) is 65.1 Å². The number of fused-ring (bicyclic) bond motifs is 1. The number of aryl methyl sites for hydroxylation is 1. The minimum atomic E-state index is 0.147. The number of hydrogen-bond acceptors (Lipinski definition) is 3. The number of nitrogens with zero attached hydrogens (tertiary/aromatic N) is 4. The van der Waals surface area contributed by atoms with E-state index in [1.165, 1.54) is 5.56 Å². The van der Waals surface area contributed by atoms with Crippen LogP contribution < -0.4 is 10.6 Å². The summed E-state index contributed by atoms with van der Waals surface area (Å²) in [4.78, 5) is 4.86. The van der Waals surface area contributed by atoms with Gasteiger partial charge in [-0.25, -0.2) is 0 Å². The molecular formula is C22H27ClN6. The molecule has 2 aromatic heterocycles. The molecule has 0 aliphatic heterocycles. The van der Waals surface area contributed by atoms with Crippen molar-refractivity contribution >= 4 is 23.2 Å². The summed E-state index contributed by atoms with van der Waals surface area (Å²) in [7, 11) is 0. The lowest BCUT2D eigenvalue weighted by atomic mass is 9.96. The van der Waals surface area contributed by atoms with Crippen molar-refractivity contribution < 1.29 is 0 Å². The Balaban J connectivity index is 1.32. The molecular weight excluding hydrogens is 384 g/mol. The largest absolute Gasteiger partial charge is 0.357 e. The summed E-state index contributed by atoms with van der Waals surface area (Å²) in [5.74, 6) is 1.86. The maximum atomic E-state index is 6.18. The van der Waals surface area contributed by atoms with Gasteiger partial charge >= 0.3 is 0 Å². The lowest BCUT2D eigenvalue weighted by molar-refractivity contribution is 0.682. The monoisotopic (exact) mass is 410 g/mol. The minimum Gasteiger partial charge on any atom is -0.357 e. The van der Waals surface area contributed by atoms with E-state index in [0.717, 1.165) is 67.8 Å². The molecule has 2 heterocycles. The maximum absolute atomic E-state index is 6.18. The van der Waals surface area contributed by atoms with Gasteiger partial charge in [0.1, 0.15) is 5.82 Å². The lowest BCUT2D eigenvalue weighted by Gasteiger charge is -2.16. The third kappa shape index (κ3) is 4.70. The van der Waals surface area contributed by atoms with E-state index in [9.17, 15) is 0 Å². The van der Waals surface area contributed by atoms with Crippen LogP contribution in [0.1, 0.15) is 37.6 Å². The average molecular weight is 411 g/mol. The van der Waals surface area contributed by atoms with E-state index in [0.29, 0.717) is 0 Å². The van der Waals surface area contributed by atoms with Gasteiger partial charge in [-0.3, -0.25) is 9.39 Å². The van der Waals surface area contributed by atoms with E-state index in [-0.39, 0.29) is 5.41 Å². The first-order valence-corrected chi connectivity index (χ1v) is 10.6. The van der Waals surface area contributed by atoms with Crippen molar-refractivity contribution in [1.29, 1.82) is 0 Å². The molecule has 1 fully saturated rings. The van der Waals surface area contributed by atoms with Gasteiger partial charge < -0.3 is 10.6 Å². The Bertz CT molecular complexity index is 992. The first-order chi connectivity index (χ1) is 14.2. The smallest absolute Gasteiger partial charge is 0.191 e. The molecule has 4 rings (SSSR count). The zero-order chi connectivity index (χ0) is 20.1. The highest BCUT2D eigenvalue weighted by atomic mass is 35.5. The van der Waals surface area contributed by atoms with Crippen LogP contribution in [0, 0.1) is 0 Å². The Hall–Kier alpha value is -2.60. The highest BCUT2D eigenvalue weighted by molar-refractivity contribution is 6.30. The van der Waals surface area contributed by atoms with Crippen LogP contribution in [0.3, 0.4) is 0 Å². The Labute approximate surface area is 176 Å². The molecule has 1 aliphatic carbocycles. The van der Waals surface area contributed by atoms with Crippen LogP contribution in [-0.2, 0) is 11.8 Å². The third-order valence-corrected chi connectivity index (χ3v) is 5.66. The number of pyridine rings is 1. The Morgan fingerprint density at radius 1 is 1.17 bits per heavy atom. The predicted octanol–water partition coefficient (Wildman–Crippen LogP) is 3.60. The number of aromatic nitrogens is 3. The van der Waals surface area contributed by atoms with Crippen molar-refractivity contribution in [2.45, 2.75) is 38.0 Å². The highest BCUT2D eigenvalue weighted by Gasteiger charge is 2.44. The van der Waals surface area contributed by atoms with E-state index < -0.39 is 0 Å². The summed E-state index contributed by atoms with van der Waals surface area (Å²) in [6.07, 6.45) is 6.16. The number of halogens is 1. The van der Waals surface area contributed by atoms with E-state index >= 15 is 0 Å². The second-order valence-electron chi connectivity index (χ2n) is 7.56. The molecule has 0 saturated heterocycles. The van der Waals surface area contributed by atoms with Crippen LogP contribution in [0.2, 0.25) is 5.02 Å². The highest BCUT2D eigenvalue weighted by Crippen LogP contribution is 2.48.